The second kappa shape index (κ2) is 7.62. The van der Waals surface area contributed by atoms with Crippen LogP contribution in [0.4, 0.5) is 0 Å². The van der Waals surface area contributed by atoms with E-state index < -0.39 is 5.54 Å². The molecule has 0 radical (unpaired) electrons. The molecule has 0 aromatic heterocycles. The first kappa shape index (κ1) is 17.0. The van der Waals surface area contributed by atoms with Crippen molar-refractivity contribution in [1.29, 1.82) is 0 Å². The van der Waals surface area contributed by atoms with Crippen LogP contribution in [0.3, 0.4) is 0 Å². The topological polar surface area (TPSA) is 64.3 Å². The molecule has 3 N–H and O–H groups in total. The third-order valence-corrected chi connectivity index (χ3v) is 3.85. The average Bonchev–Trinajstić information content (AvgIpc) is 2.89. The van der Waals surface area contributed by atoms with Crippen molar-refractivity contribution >= 4 is 18.3 Å². The molecule has 0 heterocycles. The summed E-state index contributed by atoms with van der Waals surface area (Å²) in [6.07, 6.45) is 3.51. The number of nitrogens with two attached hydrogens (primary N) is 1. The minimum Gasteiger partial charge on any atom is -0.375 e. The van der Waals surface area contributed by atoms with E-state index >= 15 is 0 Å². The molecule has 1 saturated carbocycles. The summed E-state index contributed by atoms with van der Waals surface area (Å²) in [6, 6.07) is 9.87. The van der Waals surface area contributed by atoms with Crippen LogP contribution in [-0.4, -0.2) is 25.1 Å². The molecular formula is C15H23ClN2O2. The Labute approximate surface area is 126 Å². The number of benzene rings is 1. The Hall–Kier alpha value is -1.10. The maximum atomic E-state index is 12.1. The molecule has 0 spiro atoms. The summed E-state index contributed by atoms with van der Waals surface area (Å²) >= 11 is 0. The molecule has 20 heavy (non-hydrogen) atoms. The molecule has 1 atom stereocenters. The van der Waals surface area contributed by atoms with E-state index in [0.717, 1.165) is 31.2 Å². The highest BCUT2D eigenvalue weighted by Gasteiger charge is 2.36. The third kappa shape index (κ3) is 3.95. The van der Waals surface area contributed by atoms with Crippen molar-refractivity contribution in [3.8, 4) is 0 Å². The van der Waals surface area contributed by atoms with E-state index in [2.05, 4.69) is 5.32 Å². The van der Waals surface area contributed by atoms with Crippen molar-refractivity contribution in [3.05, 3.63) is 35.9 Å². The van der Waals surface area contributed by atoms with Crippen molar-refractivity contribution in [2.75, 3.05) is 13.7 Å². The van der Waals surface area contributed by atoms with E-state index in [4.69, 9.17) is 10.5 Å². The second-order valence-electron chi connectivity index (χ2n) is 5.21. The molecule has 0 saturated heterocycles. The quantitative estimate of drug-likeness (QED) is 0.876. The van der Waals surface area contributed by atoms with Gasteiger partial charge in [-0.15, -0.1) is 12.4 Å². The van der Waals surface area contributed by atoms with Gasteiger partial charge in [0, 0.05) is 13.7 Å². The summed E-state index contributed by atoms with van der Waals surface area (Å²) in [6.45, 7) is 0.457. The smallest absolute Gasteiger partial charge is 0.240 e. The molecule has 1 aliphatic carbocycles. The highest BCUT2D eigenvalue weighted by Crippen LogP contribution is 2.27. The van der Waals surface area contributed by atoms with Crippen LogP contribution < -0.4 is 11.1 Å². The summed E-state index contributed by atoms with van der Waals surface area (Å²) in [5.74, 6) is -0.0528. The van der Waals surface area contributed by atoms with Gasteiger partial charge in [-0.3, -0.25) is 4.79 Å². The normalized spacial score (nSPS) is 18.1. The second-order valence-corrected chi connectivity index (χ2v) is 5.21. The Morgan fingerprint density at radius 3 is 2.50 bits per heavy atom. The molecule has 1 unspecified atom stereocenters. The van der Waals surface area contributed by atoms with Crippen molar-refractivity contribution in [3.63, 3.8) is 0 Å². The van der Waals surface area contributed by atoms with Crippen molar-refractivity contribution in [2.45, 2.75) is 37.3 Å². The fourth-order valence-corrected chi connectivity index (χ4v) is 2.60. The van der Waals surface area contributed by atoms with Crippen LogP contribution in [0.15, 0.2) is 30.3 Å². The summed E-state index contributed by atoms with van der Waals surface area (Å²) < 4.78 is 5.43. The van der Waals surface area contributed by atoms with E-state index in [-0.39, 0.29) is 24.4 Å². The Balaban J connectivity index is 0.00000200. The molecule has 1 fully saturated rings. The lowest BCUT2D eigenvalue weighted by Gasteiger charge is -2.24. The van der Waals surface area contributed by atoms with Gasteiger partial charge in [-0.05, 0) is 18.4 Å². The Morgan fingerprint density at radius 1 is 1.35 bits per heavy atom. The van der Waals surface area contributed by atoms with Gasteiger partial charge in [-0.1, -0.05) is 43.2 Å². The molecule has 1 aromatic carbocycles. The van der Waals surface area contributed by atoms with Gasteiger partial charge in [0.2, 0.25) is 5.91 Å². The Morgan fingerprint density at radius 2 is 1.95 bits per heavy atom. The number of carbonyl (C=O) groups excluding carboxylic acids is 1. The predicted octanol–water partition coefficient (Wildman–Crippen LogP) is 2.18. The van der Waals surface area contributed by atoms with Gasteiger partial charge < -0.3 is 15.8 Å². The summed E-state index contributed by atoms with van der Waals surface area (Å²) in [4.78, 5) is 12.1. The zero-order chi connectivity index (χ0) is 13.7. The number of ether oxygens (including phenoxy) is 1. The van der Waals surface area contributed by atoms with E-state index in [0.29, 0.717) is 6.54 Å². The first-order valence-electron chi connectivity index (χ1n) is 6.81. The molecular weight excluding hydrogens is 276 g/mol. The summed E-state index contributed by atoms with van der Waals surface area (Å²) in [5.41, 5.74) is 6.50. The monoisotopic (exact) mass is 298 g/mol. The highest BCUT2D eigenvalue weighted by molar-refractivity contribution is 5.86. The molecule has 2 rings (SSSR count). The maximum Gasteiger partial charge on any atom is 0.240 e. The maximum absolute atomic E-state index is 12.1. The van der Waals surface area contributed by atoms with Crippen LogP contribution in [0.2, 0.25) is 0 Å². The minimum absolute atomic E-state index is 0. The van der Waals surface area contributed by atoms with Crippen molar-refractivity contribution < 1.29 is 9.53 Å². The van der Waals surface area contributed by atoms with Gasteiger partial charge in [-0.2, -0.15) is 0 Å². The lowest BCUT2D eigenvalue weighted by atomic mass is 9.98. The Kier molecular flexibility index (Phi) is 6.46. The molecule has 1 aliphatic rings. The Bertz CT molecular complexity index is 419. The van der Waals surface area contributed by atoms with Crippen LogP contribution in [0.25, 0.3) is 0 Å². The van der Waals surface area contributed by atoms with E-state index in [1.165, 1.54) is 0 Å². The number of amides is 1. The number of rotatable bonds is 5. The fraction of sp³-hybridized carbons (Fsp3) is 0.533. The number of hydrogen-bond acceptors (Lipinski definition) is 3. The summed E-state index contributed by atoms with van der Waals surface area (Å²) in [5, 5.41) is 2.93. The molecule has 1 aromatic rings. The van der Waals surface area contributed by atoms with Gasteiger partial charge in [0.05, 0.1) is 11.6 Å². The molecule has 5 heteroatoms. The van der Waals surface area contributed by atoms with Crippen LogP contribution in [0.1, 0.15) is 37.4 Å². The first-order valence-corrected chi connectivity index (χ1v) is 6.81. The van der Waals surface area contributed by atoms with Gasteiger partial charge in [0.1, 0.15) is 0 Å². The van der Waals surface area contributed by atoms with Crippen molar-refractivity contribution in [1.82, 2.24) is 5.32 Å². The van der Waals surface area contributed by atoms with Gasteiger partial charge in [-0.25, -0.2) is 0 Å². The molecule has 112 valence electrons. The van der Waals surface area contributed by atoms with Crippen LogP contribution in [0.5, 0.6) is 0 Å². The lowest BCUT2D eigenvalue weighted by molar-refractivity contribution is -0.126. The molecule has 0 aliphatic heterocycles. The number of hydrogen-bond donors (Lipinski definition) is 2. The third-order valence-electron chi connectivity index (χ3n) is 3.85. The molecule has 4 nitrogen and oxygen atoms in total. The van der Waals surface area contributed by atoms with Gasteiger partial charge >= 0.3 is 0 Å². The highest BCUT2D eigenvalue weighted by atomic mass is 35.5. The van der Waals surface area contributed by atoms with E-state index in [9.17, 15) is 4.79 Å². The number of carbonyl (C=O) groups is 1. The fourth-order valence-electron chi connectivity index (χ4n) is 2.60. The van der Waals surface area contributed by atoms with Crippen LogP contribution in [-0.2, 0) is 9.53 Å². The van der Waals surface area contributed by atoms with Crippen LogP contribution >= 0.6 is 12.4 Å². The SMILES string of the molecule is COC(CNC(=O)C1(N)CCCC1)c1ccccc1.Cl. The van der Waals surface area contributed by atoms with E-state index in [1.54, 1.807) is 7.11 Å². The number of nitrogens with one attached hydrogen (secondary N) is 1. The largest absolute Gasteiger partial charge is 0.375 e. The number of halogens is 1. The first-order chi connectivity index (χ1) is 9.15. The summed E-state index contributed by atoms with van der Waals surface area (Å²) in [7, 11) is 1.65. The minimum atomic E-state index is -0.672. The average molecular weight is 299 g/mol. The van der Waals surface area contributed by atoms with Crippen molar-refractivity contribution in [2.24, 2.45) is 5.73 Å². The van der Waals surface area contributed by atoms with Crippen LogP contribution in [0, 0.1) is 0 Å². The van der Waals surface area contributed by atoms with Gasteiger partial charge in [0.25, 0.3) is 0 Å². The number of methoxy groups -OCH3 is 1. The molecule has 0 bridgehead atoms. The zero-order valence-corrected chi connectivity index (χ0v) is 12.6. The lowest BCUT2D eigenvalue weighted by Crippen LogP contribution is -2.52. The van der Waals surface area contributed by atoms with E-state index in [1.807, 2.05) is 30.3 Å². The standard InChI is InChI=1S/C15H22N2O2.ClH/c1-19-13(12-7-3-2-4-8-12)11-17-14(18)15(16)9-5-6-10-15;/h2-4,7-8,13H,5-6,9-11,16H2,1H3,(H,17,18);1H. The predicted molar refractivity (Wildman–Crippen MR) is 81.8 cm³/mol. The zero-order valence-electron chi connectivity index (χ0n) is 11.8. The molecule has 1 amide bonds. The van der Waals surface area contributed by atoms with Gasteiger partial charge in [0.15, 0.2) is 0 Å².